The third-order valence-corrected chi connectivity index (χ3v) is 9.50. The van der Waals surface area contributed by atoms with Gasteiger partial charge in [-0.3, -0.25) is 9.59 Å². The zero-order valence-electron chi connectivity index (χ0n) is 25.4. The van der Waals surface area contributed by atoms with Crippen LogP contribution in [-0.4, -0.2) is 56.4 Å². The predicted molar refractivity (Wildman–Crippen MR) is 163 cm³/mol. The summed E-state index contributed by atoms with van der Waals surface area (Å²) >= 11 is 0. The number of aryl methyl sites for hydroxylation is 1. The molecule has 232 valence electrons. The van der Waals surface area contributed by atoms with Gasteiger partial charge in [-0.25, -0.2) is 0 Å². The van der Waals surface area contributed by atoms with Crippen molar-refractivity contribution in [2.45, 2.75) is 76.9 Å². The Kier molecular flexibility index (Phi) is 8.60. The Morgan fingerprint density at radius 3 is 2.59 bits per heavy atom. The molecule has 1 heterocycles. The molecule has 3 fully saturated rings. The number of aldehydes is 1. The van der Waals surface area contributed by atoms with Crippen LogP contribution in [0.5, 0.6) is 11.5 Å². The van der Waals surface area contributed by atoms with Gasteiger partial charge < -0.3 is 33.8 Å². The van der Waals surface area contributed by atoms with E-state index in [1.54, 1.807) is 12.1 Å². The molecule has 9 nitrogen and oxygen atoms in total. The molecule has 9 heteroatoms. The molecule has 3 aliphatic rings. The lowest BCUT2D eigenvalue weighted by molar-refractivity contribution is -0.159. The minimum Gasteiger partial charge on any atom is -0.496 e. The fourth-order valence-electron chi connectivity index (χ4n) is 6.76. The number of methoxy groups -OCH3 is 1. The first-order valence-corrected chi connectivity index (χ1v) is 15.3. The van der Waals surface area contributed by atoms with Crippen molar-refractivity contribution in [3.8, 4) is 11.5 Å². The maximum atomic E-state index is 13.5. The molecule has 1 amide bonds. The average Bonchev–Trinajstić information content (AvgIpc) is 3.63. The summed E-state index contributed by atoms with van der Waals surface area (Å²) in [5.74, 6) is 0.0440. The van der Waals surface area contributed by atoms with Crippen LogP contribution in [0.15, 0.2) is 54.6 Å². The SMILES string of the molecule is COc1cc(C)c(O[C@H]2CC[C@@](C)(C(=O)OCc3cccc4ccccc34)CC2)cc1C(=O)N[C@@H]1[C@H]2OCO[C@H]2C[C@@H]1C=O. The second kappa shape index (κ2) is 12.6. The van der Waals surface area contributed by atoms with Gasteiger partial charge in [0.1, 0.15) is 37.3 Å². The quantitative estimate of drug-likeness (QED) is 0.261. The number of fused-ring (bicyclic) bond motifs is 2. The lowest BCUT2D eigenvalue weighted by Crippen LogP contribution is -2.46. The van der Waals surface area contributed by atoms with Crippen molar-refractivity contribution < 1.29 is 38.1 Å². The molecule has 44 heavy (non-hydrogen) atoms. The van der Waals surface area contributed by atoms with Crippen molar-refractivity contribution in [1.82, 2.24) is 5.32 Å². The fourth-order valence-corrected chi connectivity index (χ4v) is 6.76. The molecule has 0 aromatic heterocycles. The number of amides is 1. The first-order valence-electron chi connectivity index (χ1n) is 15.3. The van der Waals surface area contributed by atoms with Crippen LogP contribution < -0.4 is 14.8 Å². The molecule has 0 bridgehead atoms. The van der Waals surface area contributed by atoms with E-state index in [-0.39, 0.29) is 43.6 Å². The van der Waals surface area contributed by atoms with Crippen LogP contribution in [0.3, 0.4) is 0 Å². The van der Waals surface area contributed by atoms with Gasteiger partial charge >= 0.3 is 5.97 Å². The molecule has 1 saturated heterocycles. The first kappa shape index (κ1) is 30.1. The smallest absolute Gasteiger partial charge is 0.312 e. The van der Waals surface area contributed by atoms with E-state index in [0.29, 0.717) is 49.2 Å². The summed E-state index contributed by atoms with van der Waals surface area (Å²) in [6.07, 6.45) is 3.30. The van der Waals surface area contributed by atoms with E-state index in [4.69, 9.17) is 23.7 Å². The van der Waals surface area contributed by atoms with E-state index >= 15 is 0 Å². The molecule has 2 saturated carbocycles. The highest BCUT2D eigenvalue weighted by Crippen LogP contribution is 2.40. The lowest BCUT2D eigenvalue weighted by Gasteiger charge is -2.35. The number of nitrogens with one attached hydrogen (secondary N) is 1. The van der Waals surface area contributed by atoms with Crippen molar-refractivity contribution in [2.24, 2.45) is 11.3 Å². The highest BCUT2D eigenvalue weighted by atomic mass is 16.7. The lowest BCUT2D eigenvalue weighted by atomic mass is 9.74. The van der Waals surface area contributed by atoms with E-state index in [0.717, 1.165) is 28.2 Å². The molecule has 1 N–H and O–H groups in total. The number of hydrogen-bond acceptors (Lipinski definition) is 8. The summed E-state index contributed by atoms with van der Waals surface area (Å²) in [5.41, 5.74) is 1.55. The van der Waals surface area contributed by atoms with E-state index in [2.05, 4.69) is 17.4 Å². The third-order valence-electron chi connectivity index (χ3n) is 9.50. The minimum absolute atomic E-state index is 0.115. The molecule has 0 spiro atoms. The Morgan fingerprint density at radius 1 is 1.05 bits per heavy atom. The Morgan fingerprint density at radius 2 is 1.82 bits per heavy atom. The summed E-state index contributed by atoms with van der Waals surface area (Å²) < 4.78 is 29.0. The monoisotopic (exact) mass is 601 g/mol. The van der Waals surface area contributed by atoms with Crippen molar-refractivity contribution in [1.29, 1.82) is 0 Å². The fraction of sp³-hybridized carbons (Fsp3) is 0.457. The highest BCUT2D eigenvalue weighted by molar-refractivity contribution is 5.98. The van der Waals surface area contributed by atoms with Gasteiger partial charge in [0, 0.05) is 5.92 Å². The van der Waals surface area contributed by atoms with Crippen LogP contribution in [0.25, 0.3) is 10.8 Å². The third kappa shape index (κ3) is 5.90. The zero-order chi connectivity index (χ0) is 30.8. The Balaban J connectivity index is 1.09. The second-order valence-electron chi connectivity index (χ2n) is 12.4. The predicted octanol–water partition coefficient (Wildman–Crippen LogP) is 5.29. The summed E-state index contributed by atoms with van der Waals surface area (Å²) in [6, 6.07) is 17.1. The van der Waals surface area contributed by atoms with Crippen LogP contribution in [0.2, 0.25) is 0 Å². The number of ether oxygens (including phenoxy) is 5. The molecule has 2 aliphatic carbocycles. The molecular formula is C35H39NO8. The van der Waals surface area contributed by atoms with Crippen molar-refractivity contribution in [2.75, 3.05) is 13.9 Å². The molecule has 6 rings (SSSR count). The molecule has 1 aliphatic heterocycles. The van der Waals surface area contributed by atoms with Gasteiger partial charge in [-0.15, -0.1) is 0 Å². The van der Waals surface area contributed by atoms with Crippen LogP contribution >= 0.6 is 0 Å². The number of rotatable bonds is 9. The van der Waals surface area contributed by atoms with E-state index in [1.165, 1.54) is 7.11 Å². The molecule has 4 atom stereocenters. The maximum Gasteiger partial charge on any atom is 0.312 e. The number of esters is 1. The van der Waals surface area contributed by atoms with Gasteiger partial charge in [0.2, 0.25) is 0 Å². The molecular weight excluding hydrogens is 562 g/mol. The van der Waals surface area contributed by atoms with Gasteiger partial charge in [0.15, 0.2) is 0 Å². The van der Waals surface area contributed by atoms with Crippen molar-refractivity contribution in [3.05, 3.63) is 71.3 Å². The maximum absolute atomic E-state index is 13.5. The standard InChI is InChI=1S/C35H39NO8/c1-21-15-29(40-3)27(33(38)36-31-24(18-37)16-30-32(31)43-20-42-30)17-28(21)44-25-11-13-35(2,14-12-25)34(39)41-19-23-9-6-8-22-7-4-5-10-26(22)23/h4-10,15,17-18,24-25,30-32H,11-14,16,19-20H2,1-3H3,(H,36,38)/t24-,25-,30+,31+,32+,35+/m1/s1. The second-order valence-corrected chi connectivity index (χ2v) is 12.4. The normalized spacial score (nSPS) is 27.8. The highest BCUT2D eigenvalue weighted by Gasteiger charge is 2.48. The van der Waals surface area contributed by atoms with Crippen LogP contribution in [-0.2, 0) is 30.4 Å². The van der Waals surface area contributed by atoms with Gasteiger partial charge in [0.25, 0.3) is 5.91 Å². The number of carbonyl (C=O) groups is 3. The summed E-state index contributed by atoms with van der Waals surface area (Å²) in [7, 11) is 1.52. The van der Waals surface area contributed by atoms with Gasteiger partial charge in [-0.2, -0.15) is 0 Å². The summed E-state index contributed by atoms with van der Waals surface area (Å²) in [6.45, 7) is 4.27. The van der Waals surface area contributed by atoms with Crippen LogP contribution in [0.4, 0.5) is 0 Å². The van der Waals surface area contributed by atoms with Crippen molar-refractivity contribution in [3.63, 3.8) is 0 Å². The minimum atomic E-state index is -0.593. The number of hydrogen-bond donors (Lipinski definition) is 1. The molecule has 3 aromatic carbocycles. The number of carbonyl (C=O) groups excluding carboxylic acids is 3. The van der Waals surface area contributed by atoms with Crippen LogP contribution in [0, 0.1) is 18.3 Å². The molecule has 3 aromatic rings. The summed E-state index contributed by atoms with van der Waals surface area (Å²) in [5, 5.41) is 5.19. The zero-order valence-corrected chi connectivity index (χ0v) is 25.4. The molecule has 0 radical (unpaired) electrons. The van der Waals surface area contributed by atoms with Crippen LogP contribution in [0.1, 0.15) is 60.5 Å². The summed E-state index contributed by atoms with van der Waals surface area (Å²) in [4.78, 5) is 38.4. The Bertz CT molecular complexity index is 1540. The van der Waals surface area contributed by atoms with E-state index in [1.807, 2.05) is 44.2 Å². The largest absolute Gasteiger partial charge is 0.496 e. The number of benzene rings is 3. The van der Waals surface area contributed by atoms with E-state index < -0.39 is 17.4 Å². The van der Waals surface area contributed by atoms with E-state index in [9.17, 15) is 14.4 Å². The molecule has 0 unspecified atom stereocenters. The average molecular weight is 602 g/mol. The Hall–Kier alpha value is -3.95. The Labute approximate surface area is 257 Å². The first-order chi connectivity index (χ1) is 21.3. The topological polar surface area (TPSA) is 109 Å². The van der Waals surface area contributed by atoms with Crippen molar-refractivity contribution >= 4 is 28.9 Å². The van der Waals surface area contributed by atoms with Gasteiger partial charge in [-0.1, -0.05) is 42.5 Å². The van der Waals surface area contributed by atoms with Gasteiger partial charge in [-0.05, 0) is 80.0 Å². The van der Waals surface area contributed by atoms with Gasteiger partial charge in [0.05, 0.1) is 36.3 Å².